The topological polar surface area (TPSA) is 54.3 Å². The largest absolute Gasteiger partial charge is 0.323 e. The van der Waals surface area contributed by atoms with Gasteiger partial charge in [0.25, 0.3) is 0 Å². The van der Waals surface area contributed by atoms with Gasteiger partial charge in [-0.1, -0.05) is 18.6 Å². The molecular weight excluding hydrogens is 321 g/mol. The third kappa shape index (κ3) is 2.10. The Hall–Kier alpha value is -1.92. The Labute approximate surface area is 145 Å². The molecule has 1 saturated heterocycles. The zero-order valence-electron chi connectivity index (χ0n) is 13.9. The Kier molecular flexibility index (Phi) is 3.40. The molecule has 25 heavy (non-hydrogen) atoms. The van der Waals surface area contributed by atoms with Crippen LogP contribution in [-0.2, 0) is 21.6 Å². The Balaban J connectivity index is 1.64. The lowest BCUT2D eigenvalue weighted by molar-refractivity contribution is -0.152. The maximum atomic E-state index is 14.4. The average molecular weight is 341 g/mol. The fraction of sp³-hybridized carbons (Fsp3) is 0.526. The van der Waals surface area contributed by atoms with E-state index in [4.69, 9.17) is 9.73 Å². The maximum absolute atomic E-state index is 14.4. The molecule has 0 aromatic heterocycles. The number of fused-ring (bicyclic) bond motifs is 1. The number of nitrogens with zero attached hydrogens (tertiary/aromatic N) is 3. The molecule has 0 saturated carbocycles. The number of carbonyl (C=O) groups is 1. The van der Waals surface area contributed by atoms with Gasteiger partial charge < -0.3 is 4.74 Å². The monoisotopic (exact) mass is 341 g/mol. The van der Waals surface area contributed by atoms with E-state index in [0.29, 0.717) is 17.8 Å². The quantitative estimate of drug-likeness (QED) is 0.788. The fourth-order valence-electron chi connectivity index (χ4n) is 4.63. The van der Waals surface area contributed by atoms with Gasteiger partial charge in [-0.15, -0.1) is 0 Å². The summed E-state index contributed by atoms with van der Waals surface area (Å²) < 4.78 is 20.9. The van der Waals surface area contributed by atoms with Crippen LogP contribution in [0.5, 0.6) is 0 Å². The summed E-state index contributed by atoms with van der Waals surface area (Å²) in [6.45, 7) is 1.85. The summed E-state index contributed by atoms with van der Waals surface area (Å²) in [6.07, 6.45) is 5.41. The van der Waals surface area contributed by atoms with Gasteiger partial charge in [0.05, 0.1) is 5.92 Å². The summed E-state index contributed by atoms with van der Waals surface area (Å²) in [5.41, 5.74) is 0.143. The Bertz CT molecular complexity index is 800. The van der Waals surface area contributed by atoms with Crippen LogP contribution in [0.3, 0.4) is 0 Å². The van der Waals surface area contributed by atoms with E-state index in [2.05, 4.69) is 9.89 Å². The van der Waals surface area contributed by atoms with Crippen LogP contribution in [0.25, 0.3) is 0 Å². The number of piperidine rings is 1. The summed E-state index contributed by atoms with van der Waals surface area (Å²) >= 11 is 0. The van der Waals surface area contributed by atoms with Gasteiger partial charge in [-0.2, -0.15) is 0 Å². The first-order chi connectivity index (χ1) is 12.2. The molecule has 0 amide bonds. The predicted molar refractivity (Wildman–Crippen MR) is 91.1 cm³/mol. The summed E-state index contributed by atoms with van der Waals surface area (Å²) in [5, 5.41) is 0. The smallest absolute Gasteiger partial charge is 0.210 e. The SMILES string of the molecule is O=C1Cc2c(F)cccc2C23OC(N4CCCCC4)N=C2N=CCC13. The molecule has 3 atom stereocenters. The van der Waals surface area contributed by atoms with Crippen molar-refractivity contribution < 1.29 is 13.9 Å². The van der Waals surface area contributed by atoms with Crippen LogP contribution < -0.4 is 0 Å². The molecule has 1 aliphatic carbocycles. The highest BCUT2D eigenvalue weighted by atomic mass is 19.1. The number of carbonyl (C=O) groups excluding carboxylic acids is 1. The van der Waals surface area contributed by atoms with Crippen molar-refractivity contribution in [2.24, 2.45) is 15.9 Å². The molecule has 1 aromatic rings. The van der Waals surface area contributed by atoms with Gasteiger partial charge in [0.2, 0.25) is 6.35 Å². The van der Waals surface area contributed by atoms with Crippen LogP contribution in [0, 0.1) is 11.7 Å². The van der Waals surface area contributed by atoms with Crippen LogP contribution in [0.2, 0.25) is 0 Å². The number of halogens is 1. The van der Waals surface area contributed by atoms with E-state index < -0.39 is 12.0 Å². The first kappa shape index (κ1) is 15.3. The molecule has 5 nitrogen and oxygen atoms in total. The number of Topliss-reactive ketones (excluding diaryl/α,β-unsaturated/α-hetero) is 1. The number of likely N-dealkylation sites (tertiary alicyclic amines) is 1. The van der Waals surface area contributed by atoms with Gasteiger partial charge in [0, 0.05) is 31.3 Å². The second-order valence-electron chi connectivity index (χ2n) is 7.24. The molecule has 3 heterocycles. The highest BCUT2D eigenvalue weighted by Crippen LogP contribution is 2.50. The molecule has 0 bridgehead atoms. The number of hydrogen-bond acceptors (Lipinski definition) is 5. The molecule has 1 spiro atoms. The molecule has 1 fully saturated rings. The van der Waals surface area contributed by atoms with Gasteiger partial charge in [-0.3, -0.25) is 9.69 Å². The summed E-state index contributed by atoms with van der Waals surface area (Å²) in [5.74, 6) is -0.180. The third-order valence-electron chi connectivity index (χ3n) is 5.86. The van der Waals surface area contributed by atoms with Gasteiger partial charge in [-0.25, -0.2) is 14.4 Å². The molecule has 3 unspecified atom stereocenters. The molecule has 130 valence electrons. The highest BCUT2D eigenvalue weighted by molar-refractivity contribution is 6.07. The average Bonchev–Trinajstić information content (AvgIpc) is 3.03. The number of aliphatic imine (C=N–C) groups is 2. The van der Waals surface area contributed by atoms with Crippen molar-refractivity contribution in [1.82, 2.24) is 4.90 Å². The fourth-order valence-corrected chi connectivity index (χ4v) is 4.63. The molecule has 6 heteroatoms. The van der Waals surface area contributed by atoms with Gasteiger partial charge in [-0.05, 0) is 30.9 Å². The Morgan fingerprint density at radius 2 is 2.08 bits per heavy atom. The Morgan fingerprint density at radius 3 is 2.92 bits per heavy atom. The number of hydrogen-bond donors (Lipinski definition) is 0. The van der Waals surface area contributed by atoms with Crippen LogP contribution >= 0.6 is 0 Å². The van der Waals surface area contributed by atoms with E-state index in [-0.39, 0.29) is 23.9 Å². The van der Waals surface area contributed by atoms with Crippen molar-refractivity contribution in [2.45, 2.75) is 44.1 Å². The Morgan fingerprint density at radius 1 is 1.24 bits per heavy atom. The molecular formula is C19H20FN3O2. The van der Waals surface area contributed by atoms with Crippen LogP contribution in [0.1, 0.15) is 36.8 Å². The summed E-state index contributed by atoms with van der Waals surface area (Å²) in [6, 6.07) is 4.96. The minimum absolute atomic E-state index is 0.00995. The molecule has 0 N–H and O–H groups in total. The maximum Gasteiger partial charge on any atom is 0.210 e. The number of ketones is 1. The van der Waals surface area contributed by atoms with E-state index in [0.717, 1.165) is 31.5 Å². The first-order valence-corrected chi connectivity index (χ1v) is 9.03. The summed E-state index contributed by atoms with van der Waals surface area (Å²) in [7, 11) is 0. The lowest BCUT2D eigenvalue weighted by Gasteiger charge is -2.43. The number of amidine groups is 1. The van der Waals surface area contributed by atoms with Crippen LogP contribution in [0.15, 0.2) is 28.2 Å². The van der Waals surface area contributed by atoms with Crippen molar-refractivity contribution in [3.63, 3.8) is 0 Å². The van der Waals surface area contributed by atoms with Crippen molar-refractivity contribution >= 4 is 17.8 Å². The normalized spacial score (nSPS) is 34.3. The van der Waals surface area contributed by atoms with E-state index in [1.165, 1.54) is 12.5 Å². The zero-order chi connectivity index (χ0) is 17.0. The minimum Gasteiger partial charge on any atom is -0.323 e. The van der Waals surface area contributed by atoms with Crippen molar-refractivity contribution in [2.75, 3.05) is 13.1 Å². The molecule has 0 radical (unpaired) electrons. The van der Waals surface area contributed by atoms with E-state index in [1.807, 2.05) is 6.07 Å². The van der Waals surface area contributed by atoms with Gasteiger partial charge in [0.1, 0.15) is 11.6 Å². The van der Waals surface area contributed by atoms with Gasteiger partial charge >= 0.3 is 0 Å². The molecule has 1 aromatic carbocycles. The first-order valence-electron chi connectivity index (χ1n) is 9.03. The number of rotatable bonds is 1. The van der Waals surface area contributed by atoms with Crippen molar-refractivity contribution in [1.29, 1.82) is 0 Å². The highest BCUT2D eigenvalue weighted by Gasteiger charge is 2.59. The van der Waals surface area contributed by atoms with Gasteiger partial charge in [0.15, 0.2) is 11.4 Å². The molecule has 5 rings (SSSR count). The number of benzene rings is 1. The summed E-state index contributed by atoms with van der Waals surface area (Å²) in [4.78, 5) is 24.2. The number of ether oxygens (including phenoxy) is 1. The lowest BCUT2D eigenvalue weighted by Crippen LogP contribution is -2.53. The van der Waals surface area contributed by atoms with E-state index >= 15 is 0 Å². The minimum atomic E-state index is -1.02. The standard InChI is InChI=1S/C19H20FN3O2/c20-15-6-4-5-13-12(15)11-16(24)14-7-8-21-17-19(13,14)25-18(22-17)23-9-2-1-3-10-23/h4-6,8,14,18H,1-3,7,9-11H2. The second kappa shape index (κ2) is 5.54. The lowest BCUT2D eigenvalue weighted by atomic mass is 9.68. The predicted octanol–water partition coefficient (Wildman–Crippen LogP) is 2.44. The van der Waals surface area contributed by atoms with Crippen molar-refractivity contribution in [3.05, 3.63) is 35.1 Å². The van der Waals surface area contributed by atoms with Crippen LogP contribution in [0.4, 0.5) is 4.39 Å². The van der Waals surface area contributed by atoms with Crippen molar-refractivity contribution in [3.8, 4) is 0 Å². The molecule has 3 aliphatic heterocycles. The van der Waals surface area contributed by atoms with E-state index in [9.17, 15) is 9.18 Å². The zero-order valence-corrected chi connectivity index (χ0v) is 13.9. The second-order valence-corrected chi connectivity index (χ2v) is 7.24. The van der Waals surface area contributed by atoms with Crippen LogP contribution in [-0.4, -0.2) is 42.2 Å². The third-order valence-corrected chi connectivity index (χ3v) is 5.86. The molecule has 4 aliphatic rings. The van der Waals surface area contributed by atoms with E-state index in [1.54, 1.807) is 12.3 Å².